The number of hydrogen-bond donors (Lipinski definition) is 1. The van der Waals surface area contributed by atoms with E-state index in [0.717, 1.165) is 19.5 Å². The van der Waals surface area contributed by atoms with E-state index in [9.17, 15) is 0 Å². The van der Waals surface area contributed by atoms with E-state index in [1.165, 1.54) is 0 Å². The first-order chi connectivity index (χ1) is 9.05. The van der Waals surface area contributed by atoms with Gasteiger partial charge in [0.1, 0.15) is 0 Å². The van der Waals surface area contributed by atoms with Gasteiger partial charge in [-0.25, -0.2) is 0 Å². The van der Waals surface area contributed by atoms with Crippen molar-refractivity contribution >= 4 is 0 Å². The molecule has 0 amide bonds. The maximum Gasteiger partial charge on any atom is 0.0830 e. The average Bonchev–Trinajstić information content (AvgIpc) is 2.50. The van der Waals surface area contributed by atoms with Crippen molar-refractivity contribution in [3.63, 3.8) is 0 Å². The minimum Gasteiger partial charge on any atom is -0.368 e. The van der Waals surface area contributed by atoms with E-state index in [2.05, 4.69) is 58.4 Å². The van der Waals surface area contributed by atoms with Gasteiger partial charge in [0.05, 0.1) is 16.7 Å². The van der Waals surface area contributed by atoms with Crippen LogP contribution >= 0.6 is 0 Å². The molecule has 0 aromatic heterocycles. The SMILES string of the molecule is CC1CN(C2(CN)CC(C)(C)OC2(C)C)CC(C)N1C. The maximum absolute atomic E-state index is 6.36. The van der Waals surface area contributed by atoms with Gasteiger partial charge < -0.3 is 10.5 Å². The van der Waals surface area contributed by atoms with Gasteiger partial charge in [-0.15, -0.1) is 0 Å². The third kappa shape index (κ3) is 2.41. The van der Waals surface area contributed by atoms with Gasteiger partial charge in [-0.3, -0.25) is 9.80 Å². The van der Waals surface area contributed by atoms with Crippen LogP contribution in [0.5, 0.6) is 0 Å². The number of likely N-dealkylation sites (N-methyl/N-ethyl adjacent to an activating group) is 1. The molecule has 3 atom stereocenters. The van der Waals surface area contributed by atoms with Crippen molar-refractivity contribution in [1.82, 2.24) is 9.80 Å². The van der Waals surface area contributed by atoms with Gasteiger partial charge >= 0.3 is 0 Å². The Morgan fingerprint density at radius 2 is 1.60 bits per heavy atom. The highest BCUT2D eigenvalue weighted by molar-refractivity contribution is 5.14. The summed E-state index contributed by atoms with van der Waals surface area (Å²) in [6.07, 6.45) is 1.01. The Balaban J connectivity index is 2.32. The third-order valence-electron chi connectivity index (χ3n) is 5.67. The average molecular weight is 283 g/mol. The fraction of sp³-hybridized carbons (Fsp3) is 1.00. The molecule has 118 valence electrons. The molecule has 2 saturated heterocycles. The summed E-state index contributed by atoms with van der Waals surface area (Å²) in [5.41, 5.74) is 5.93. The number of ether oxygens (including phenoxy) is 1. The van der Waals surface area contributed by atoms with Crippen molar-refractivity contribution in [2.75, 3.05) is 26.7 Å². The quantitative estimate of drug-likeness (QED) is 0.837. The monoisotopic (exact) mass is 283 g/mol. The molecule has 0 aromatic rings. The van der Waals surface area contributed by atoms with Crippen molar-refractivity contribution in [2.24, 2.45) is 5.73 Å². The number of hydrogen-bond acceptors (Lipinski definition) is 4. The summed E-state index contributed by atoms with van der Waals surface area (Å²) in [5, 5.41) is 0. The van der Waals surface area contributed by atoms with E-state index in [4.69, 9.17) is 10.5 Å². The van der Waals surface area contributed by atoms with Crippen LogP contribution in [-0.2, 0) is 4.74 Å². The lowest BCUT2D eigenvalue weighted by Crippen LogP contribution is -2.69. The fourth-order valence-corrected chi connectivity index (χ4v) is 4.43. The van der Waals surface area contributed by atoms with Crippen LogP contribution in [0.15, 0.2) is 0 Å². The number of rotatable bonds is 2. The minimum atomic E-state index is -0.208. The first-order valence-electron chi connectivity index (χ1n) is 7.92. The lowest BCUT2D eigenvalue weighted by molar-refractivity contribution is -0.116. The molecule has 4 nitrogen and oxygen atoms in total. The van der Waals surface area contributed by atoms with Gasteiger partial charge in [0.2, 0.25) is 0 Å². The maximum atomic E-state index is 6.36. The van der Waals surface area contributed by atoms with E-state index < -0.39 is 0 Å². The van der Waals surface area contributed by atoms with Crippen LogP contribution in [0, 0.1) is 0 Å². The zero-order chi connectivity index (χ0) is 15.3. The Morgan fingerprint density at radius 1 is 1.10 bits per heavy atom. The molecule has 4 heteroatoms. The van der Waals surface area contributed by atoms with E-state index >= 15 is 0 Å². The Bertz CT molecular complexity index is 357. The van der Waals surface area contributed by atoms with E-state index in [-0.39, 0.29) is 16.7 Å². The van der Waals surface area contributed by atoms with Crippen LogP contribution in [0.3, 0.4) is 0 Å². The summed E-state index contributed by atoms with van der Waals surface area (Å²) in [5.74, 6) is 0. The summed E-state index contributed by atoms with van der Waals surface area (Å²) >= 11 is 0. The number of nitrogens with zero attached hydrogens (tertiary/aromatic N) is 2. The van der Waals surface area contributed by atoms with Crippen molar-refractivity contribution in [3.05, 3.63) is 0 Å². The van der Waals surface area contributed by atoms with E-state index in [1.807, 2.05) is 0 Å². The summed E-state index contributed by atoms with van der Waals surface area (Å²) in [6, 6.07) is 1.11. The van der Waals surface area contributed by atoms with E-state index in [0.29, 0.717) is 18.6 Å². The Kier molecular flexibility index (Phi) is 4.00. The van der Waals surface area contributed by atoms with Crippen LogP contribution in [0.25, 0.3) is 0 Å². The predicted octanol–water partition coefficient (Wildman–Crippen LogP) is 1.69. The smallest absolute Gasteiger partial charge is 0.0830 e. The summed E-state index contributed by atoms with van der Waals surface area (Å²) in [6.45, 7) is 16.2. The predicted molar refractivity (Wildman–Crippen MR) is 83.9 cm³/mol. The van der Waals surface area contributed by atoms with Crippen LogP contribution in [0.1, 0.15) is 48.0 Å². The molecule has 0 bridgehead atoms. The molecule has 3 unspecified atom stereocenters. The molecule has 0 aliphatic carbocycles. The molecule has 2 rings (SSSR count). The molecule has 20 heavy (non-hydrogen) atoms. The Labute approximate surface area is 124 Å². The normalized spacial score (nSPS) is 42.0. The lowest BCUT2D eigenvalue weighted by Gasteiger charge is -2.54. The molecule has 0 radical (unpaired) electrons. The molecule has 2 aliphatic rings. The van der Waals surface area contributed by atoms with Gasteiger partial charge in [0.25, 0.3) is 0 Å². The van der Waals surface area contributed by atoms with Crippen LogP contribution < -0.4 is 5.73 Å². The van der Waals surface area contributed by atoms with E-state index in [1.54, 1.807) is 0 Å². The van der Waals surface area contributed by atoms with Gasteiger partial charge in [0.15, 0.2) is 0 Å². The molecule has 0 spiro atoms. The number of piperazine rings is 1. The molecule has 2 N–H and O–H groups in total. The highest BCUT2D eigenvalue weighted by atomic mass is 16.5. The lowest BCUT2D eigenvalue weighted by atomic mass is 9.76. The summed E-state index contributed by atoms with van der Waals surface area (Å²) in [4.78, 5) is 5.08. The summed E-state index contributed by atoms with van der Waals surface area (Å²) < 4.78 is 6.36. The van der Waals surface area contributed by atoms with Crippen molar-refractivity contribution in [3.8, 4) is 0 Å². The molecule has 0 aromatic carbocycles. The zero-order valence-corrected chi connectivity index (χ0v) is 14.4. The molecule has 2 fully saturated rings. The Morgan fingerprint density at radius 3 is 1.95 bits per heavy atom. The third-order valence-corrected chi connectivity index (χ3v) is 5.67. The van der Waals surface area contributed by atoms with Crippen LogP contribution in [-0.4, -0.2) is 65.3 Å². The largest absolute Gasteiger partial charge is 0.368 e. The summed E-state index contributed by atoms with van der Waals surface area (Å²) in [7, 11) is 2.22. The van der Waals surface area contributed by atoms with Crippen LogP contribution in [0.4, 0.5) is 0 Å². The second kappa shape index (κ2) is 4.94. The van der Waals surface area contributed by atoms with Crippen molar-refractivity contribution in [1.29, 1.82) is 0 Å². The zero-order valence-electron chi connectivity index (χ0n) is 14.4. The second-order valence-electron chi connectivity index (χ2n) is 8.05. The molecule has 2 heterocycles. The first kappa shape index (κ1) is 16.2. The van der Waals surface area contributed by atoms with Crippen molar-refractivity contribution in [2.45, 2.75) is 76.8 Å². The van der Waals surface area contributed by atoms with Gasteiger partial charge in [-0.2, -0.15) is 0 Å². The fourth-order valence-electron chi connectivity index (χ4n) is 4.43. The minimum absolute atomic E-state index is 0.0553. The van der Waals surface area contributed by atoms with Crippen LogP contribution in [0.2, 0.25) is 0 Å². The highest BCUT2D eigenvalue weighted by Crippen LogP contribution is 2.48. The molecular weight excluding hydrogens is 250 g/mol. The van der Waals surface area contributed by atoms with Gasteiger partial charge in [-0.05, 0) is 55.0 Å². The standard InChI is InChI=1S/C16H33N3O/c1-12-8-19(9-13(2)18(12)7)16(11-17)10-14(3,4)20-15(16,5)6/h12-13H,8-11,17H2,1-7H3. The topological polar surface area (TPSA) is 41.7 Å². The molecule has 2 aliphatic heterocycles. The second-order valence-corrected chi connectivity index (χ2v) is 8.05. The molecule has 0 saturated carbocycles. The van der Waals surface area contributed by atoms with Gasteiger partial charge in [0, 0.05) is 31.7 Å². The van der Waals surface area contributed by atoms with Gasteiger partial charge in [-0.1, -0.05) is 0 Å². The highest BCUT2D eigenvalue weighted by Gasteiger charge is 2.60. The number of nitrogens with two attached hydrogens (primary N) is 1. The van der Waals surface area contributed by atoms with Crippen molar-refractivity contribution < 1.29 is 4.74 Å². The Hall–Kier alpha value is -0.160. The molecular formula is C16H33N3O. The first-order valence-corrected chi connectivity index (χ1v) is 7.92.